The number of aliphatic hydroxyl groups is 1. The Bertz CT molecular complexity index is 628. The van der Waals surface area contributed by atoms with Crippen molar-refractivity contribution in [3.8, 4) is 5.75 Å². The molecule has 2 rings (SSSR count). The van der Waals surface area contributed by atoms with Crippen LogP contribution < -0.4 is 5.32 Å². The number of rotatable bonds is 6. The van der Waals surface area contributed by atoms with Gasteiger partial charge >= 0.3 is 0 Å². The van der Waals surface area contributed by atoms with Crippen LogP contribution in [0.1, 0.15) is 11.1 Å². The Morgan fingerprint density at radius 3 is 2.45 bits per heavy atom. The fourth-order valence-electron chi connectivity index (χ4n) is 2.17. The standard InChI is InChI=1S/C17H18ClNO3/c18-16-4-2-1-3-13(16)10-17(22)19-14(11-20)9-12-5-7-15(21)8-6-12/h1-8,14,20-21H,9-11H2,(H,19,22)/t14-/m0/s1. The number of halogens is 1. The van der Waals surface area contributed by atoms with Crippen molar-refractivity contribution in [2.45, 2.75) is 18.9 Å². The highest BCUT2D eigenvalue weighted by atomic mass is 35.5. The summed E-state index contributed by atoms with van der Waals surface area (Å²) in [6, 6.07) is 13.5. The van der Waals surface area contributed by atoms with Gasteiger partial charge in [-0.3, -0.25) is 4.79 Å². The Morgan fingerprint density at radius 2 is 1.82 bits per heavy atom. The van der Waals surface area contributed by atoms with Gasteiger partial charge in [-0.25, -0.2) is 0 Å². The minimum Gasteiger partial charge on any atom is -0.508 e. The number of hydrogen-bond acceptors (Lipinski definition) is 3. The molecule has 2 aromatic carbocycles. The lowest BCUT2D eigenvalue weighted by atomic mass is 10.1. The summed E-state index contributed by atoms with van der Waals surface area (Å²) >= 11 is 6.03. The van der Waals surface area contributed by atoms with Gasteiger partial charge in [0.25, 0.3) is 0 Å². The summed E-state index contributed by atoms with van der Waals surface area (Å²) < 4.78 is 0. The number of phenols is 1. The van der Waals surface area contributed by atoms with Crippen LogP contribution in [-0.2, 0) is 17.6 Å². The van der Waals surface area contributed by atoms with E-state index >= 15 is 0 Å². The van der Waals surface area contributed by atoms with E-state index in [0.29, 0.717) is 11.4 Å². The largest absolute Gasteiger partial charge is 0.508 e. The molecular weight excluding hydrogens is 302 g/mol. The molecule has 2 aromatic rings. The molecule has 0 saturated heterocycles. The van der Waals surface area contributed by atoms with Gasteiger partial charge < -0.3 is 15.5 Å². The zero-order valence-electron chi connectivity index (χ0n) is 12.0. The van der Waals surface area contributed by atoms with E-state index in [4.69, 9.17) is 11.6 Å². The van der Waals surface area contributed by atoms with Crippen molar-refractivity contribution in [3.05, 3.63) is 64.7 Å². The second-order valence-electron chi connectivity index (χ2n) is 5.09. The van der Waals surface area contributed by atoms with Crippen LogP contribution >= 0.6 is 11.6 Å². The highest BCUT2D eigenvalue weighted by Crippen LogP contribution is 2.15. The van der Waals surface area contributed by atoms with Gasteiger partial charge in [-0.2, -0.15) is 0 Å². The molecule has 1 amide bonds. The number of benzene rings is 2. The van der Waals surface area contributed by atoms with E-state index in [2.05, 4.69) is 5.32 Å². The maximum atomic E-state index is 12.1. The van der Waals surface area contributed by atoms with Gasteiger partial charge in [0.15, 0.2) is 0 Å². The number of nitrogens with one attached hydrogen (secondary N) is 1. The predicted octanol–water partition coefficient (Wildman–Crippen LogP) is 2.31. The zero-order valence-corrected chi connectivity index (χ0v) is 12.8. The summed E-state index contributed by atoms with van der Waals surface area (Å²) in [5.41, 5.74) is 1.68. The molecule has 22 heavy (non-hydrogen) atoms. The number of carbonyl (C=O) groups excluding carboxylic acids is 1. The van der Waals surface area contributed by atoms with Gasteiger partial charge in [0.2, 0.25) is 5.91 Å². The molecule has 0 bridgehead atoms. The minimum atomic E-state index is -0.375. The monoisotopic (exact) mass is 319 g/mol. The SMILES string of the molecule is O=C(Cc1ccccc1Cl)N[C@H](CO)Cc1ccc(O)cc1. The van der Waals surface area contributed by atoms with Crippen LogP contribution in [0.5, 0.6) is 5.75 Å². The van der Waals surface area contributed by atoms with Crippen molar-refractivity contribution in [2.24, 2.45) is 0 Å². The Balaban J connectivity index is 1.93. The van der Waals surface area contributed by atoms with Crippen LogP contribution in [0.25, 0.3) is 0 Å². The zero-order chi connectivity index (χ0) is 15.9. The Kier molecular flexibility index (Phi) is 5.81. The maximum Gasteiger partial charge on any atom is 0.224 e. The molecule has 0 aliphatic rings. The third kappa shape index (κ3) is 4.76. The Labute approximate surface area is 134 Å². The lowest BCUT2D eigenvalue weighted by Crippen LogP contribution is -2.39. The molecule has 116 valence electrons. The van der Waals surface area contributed by atoms with Crippen molar-refractivity contribution in [1.82, 2.24) is 5.32 Å². The van der Waals surface area contributed by atoms with Gasteiger partial charge in [-0.15, -0.1) is 0 Å². The van der Waals surface area contributed by atoms with Gasteiger partial charge in [0.05, 0.1) is 19.1 Å². The number of carbonyl (C=O) groups is 1. The number of phenolic OH excluding ortho intramolecular Hbond substituents is 1. The average Bonchev–Trinajstić information content (AvgIpc) is 2.51. The maximum absolute atomic E-state index is 12.1. The van der Waals surface area contributed by atoms with Crippen molar-refractivity contribution in [2.75, 3.05) is 6.61 Å². The molecule has 0 aliphatic heterocycles. The van der Waals surface area contributed by atoms with Crippen LogP contribution in [0.4, 0.5) is 0 Å². The molecule has 0 spiro atoms. The van der Waals surface area contributed by atoms with E-state index in [9.17, 15) is 15.0 Å². The smallest absolute Gasteiger partial charge is 0.224 e. The first-order valence-electron chi connectivity index (χ1n) is 7.00. The summed E-state index contributed by atoms with van der Waals surface area (Å²) in [5.74, 6) is -0.00187. The first-order chi connectivity index (χ1) is 10.6. The molecular formula is C17H18ClNO3. The van der Waals surface area contributed by atoms with Gasteiger partial charge in [0.1, 0.15) is 5.75 Å². The van der Waals surface area contributed by atoms with Gasteiger partial charge in [-0.05, 0) is 35.7 Å². The second kappa shape index (κ2) is 7.82. The minimum absolute atomic E-state index is 0.158. The first kappa shape index (κ1) is 16.3. The molecule has 0 aliphatic carbocycles. The summed E-state index contributed by atoms with van der Waals surface area (Å²) in [5, 5.41) is 22.0. The molecule has 3 N–H and O–H groups in total. The van der Waals surface area contributed by atoms with Crippen LogP contribution in [0, 0.1) is 0 Å². The van der Waals surface area contributed by atoms with E-state index < -0.39 is 0 Å². The Hall–Kier alpha value is -2.04. The van der Waals surface area contributed by atoms with E-state index in [1.54, 1.807) is 36.4 Å². The lowest BCUT2D eigenvalue weighted by Gasteiger charge is -2.17. The lowest BCUT2D eigenvalue weighted by molar-refractivity contribution is -0.121. The molecule has 4 nitrogen and oxygen atoms in total. The number of amides is 1. The molecule has 0 radical (unpaired) electrons. The van der Waals surface area contributed by atoms with Gasteiger partial charge in [0, 0.05) is 5.02 Å². The molecule has 0 fully saturated rings. The number of aliphatic hydroxyl groups excluding tert-OH is 1. The molecule has 0 unspecified atom stereocenters. The molecule has 0 heterocycles. The van der Waals surface area contributed by atoms with E-state index in [0.717, 1.165) is 11.1 Å². The van der Waals surface area contributed by atoms with Crippen molar-refractivity contribution >= 4 is 17.5 Å². The Morgan fingerprint density at radius 1 is 1.14 bits per heavy atom. The fraction of sp³-hybridized carbons (Fsp3) is 0.235. The van der Waals surface area contributed by atoms with E-state index in [-0.39, 0.29) is 30.7 Å². The molecule has 1 atom stereocenters. The van der Waals surface area contributed by atoms with Crippen LogP contribution in [0.3, 0.4) is 0 Å². The van der Waals surface area contributed by atoms with Crippen LogP contribution in [0.15, 0.2) is 48.5 Å². The highest BCUT2D eigenvalue weighted by molar-refractivity contribution is 6.31. The number of hydrogen-bond donors (Lipinski definition) is 3. The predicted molar refractivity (Wildman–Crippen MR) is 86.0 cm³/mol. The van der Waals surface area contributed by atoms with E-state index in [1.807, 2.05) is 12.1 Å². The normalized spacial score (nSPS) is 11.9. The van der Waals surface area contributed by atoms with Crippen LogP contribution in [0.2, 0.25) is 5.02 Å². The summed E-state index contributed by atoms with van der Waals surface area (Å²) in [6.45, 7) is -0.158. The van der Waals surface area contributed by atoms with Crippen molar-refractivity contribution in [1.29, 1.82) is 0 Å². The summed E-state index contributed by atoms with van der Waals surface area (Å²) in [6.07, 6.45) is 0.663. The first-order valence-corrected chi connectivity index (χ1v) is 7.38. The summed E-state index contributed by atoms with van der Waals surface area (Å²) in [7, 11) is 0. The van der Waals surface area contributed by atoms with Gasteiger partial charge in [-0.1, -0.05) is 41.9 Å². The number of aromatic hydroxyl groups is 1. The van der Waals surface area contributed by atoms with Crippen LogP contribution in [-0.4, -0.2) is 28.8 Å². The fourth-order valence-corrected chi connectivity index (χ4v) is 2.37. The second-order valence-corrected chi connectivity index (χ2v) is 5.49. The molecule has 5 heteroatoms. The quantitative estimate of drug-likeness (QED) is 0.765. The third-order valence-electron chi connectivity index (χ3n) is 3.31. The van der Waals surface area contributed by atoms with Crippen molar-refractivity contribution in [3.63, 3.8) is 0 Å². The summed E-state index contributed by atoms with van der Waals surface area (Å²) in [4.78, 5) is 12.1. The third-order valence-corrected chi connectivity index (χ3v) is 3.68. The van der Waals surface area contributed by atoms with E-state index in [1.165, 1.54) is 0 Å². The average molecular weight is 320 g/mol. The highest BCUT2D eigenvalue weighted by Gasteiger charge is 2.13. The molecule has 0 aromatic heterocycles. The molecule has 0 saturated carbocycles. The topological polar surface area (TPSA) is 69.6 Å². The van der Waals surface area contributed by atoms with Crippen molar-refractivity contribution < 1.29 is 15.0 Å².